The number of hydrogen-bond donors (Lipinski definition) is 3. The van der Waals surface area contributed by atoms with Crippen LogP contribution in [0.2, 0.25) is 0 Å². The lowest BCUT2D eigenvalue weighted by Gasteiger charge is -2.06. The summed E-state index contributed by atoms with van der Waals surface area (Å²) in [4.78, 5) is 11.8. The van der Waals surface area contributed by atoms with Gasteiger partial charge in [0.2, 0.25) is 5.91 Å². The normalized spacial score (nSPS) is 11.8. The molecule has 1 rings (SSSR count). The van der Waals surface area contributed by atoms with Crippen LogP contribution in [-0.2, 0) is 11.2 Å². The number of carbonyl (C=O) groups excluding carboxylic acids is 1. The van der Waals surface area contributed by atoms with Crippen molar-refractivity contribution in [3.8, 4) is 11.5 Å². The van der Waals surface area contributed by atoms with Gasteiger partial charge in [-0.1, -0.05) is 62.3 Å². The van der Waals surface area contributed by atoms with Gasteiger partial charge in [0.1, 0.15) is 0 Å². The summed E-state index contributed by atoms with van der Waals surface area (Å²) in [5, 5.41) is 21.6. The fourth-order valence-electron chi connectivity index (χ4n) is 2.99. The van der Waals surface area contributed by atoms with Crippen LogP contribution in [0.1, 0.15) is 76.7 Å². The molecule has 0 aliphatic heterocycles. The highest BCUT2D eigenvalue weighted by molar-refractivity contribution is 5.75. The number of benzene rings is 1. The van der Waals surface area contributed by atoms with Gasteiger partial charge in [-0.15, -0.1) is 0 Å². The van der Waals surface area contributed by atoms with Gasteiger partial charge in [-0.2, -0.15) is 0 Å². The lowest BCUT2D eigenvalue weighted by atomic mass is 10.1. The highest BCUT2D eigenvalue weighted by Gasteiger charge is 2.03. The summed E-state index contributed by atoms with van der Waals surface area (Å²) in [6.45, 7) is 2.76. The molecule has 0 aromatic heterocycles. The predicted molar refractivity (Wildman–Crippen MR) is 126 cm³/mol. The van der Waals surface area contributed by atoms with Crippen molar-refractivity contribution in [1.29, 1.82) is 0 Å². The van der Waals surface area contributed by atoms with Crippen molar-refractivity contribution in [1.82, 2.24) is 5.32 Å². The average molecular weight is 414 g/mol. The third-order valence-corrected chi connectivity index (χ3v) is 4.80. The van der Waals surface area contributed by atoms with E-state index >= 15 is 0 Å². The first-order chi connectivity index (χ1) is 14.6. The molecule has 30 heavy (non-hydrogen) atoms. The topological polar surface area (TPSA) is 69.6 Å². The van der Waals surface area contributed by atoms with E-state index in [1.165, 1.54) is 37.8 Å². The molecule has 0 aliphatic rings. The van der Waals surface area contributed by atoms with Crippen molar-refractivity contribution in [3.05, 3.63) is 60.2 Å². The van der Waals surface area contributed by atoms with Gasteiger partial charge in [0, 0.05) is 13.0 Å². The van der Waals surface area contributed by atoms with Crippen LogP contribution < -0.4 is 5.32 Å². The van der Waals surface area contributed by atoms with Gasteiger partial charge < -0.3 is 15.5 Å². The van der Waals surface area contributed by atoms with Crippen LogP contribution in [0.5, 0.6) is 11.5 Å². The van der Waals surface area contributed by atoms with E-state index in [2.05, 4.69) is 48.7 Å². The highest BCUT2D eigenvalue weighted by Crippen LogP contribution is 2.24. The Labute approximate surface area is 182 Å². The maximum atomic E-state index is 11.8. The second kappa shape index (κ2) is 17.4. The second-order valence-electron chi connectivity index (χ2n) is 7.54. The van der Waals surface area contributed by atoms with E-state index in [0.717, 1.165) is 37.7 Å². The van der Waals surface area contributed by atoms with Crippen molar-refractivity contribution < 1.29 is 15.0 Å². The number of unbranched alkanes of at least 4 members (excludes halogenated alkanes) is 5. The maximum Gasteiger partial charge on any atom is 0.220 e. The first-order valence-electron chi connectivity index (χ1n) is 11.4. The van der Waals surface area contributed by atoms with Crippen LogP contribution in [-0.4, -0.2) is 22.7 Å². The van der Waals surface area contributed by atoms with Crippen molar-refractivity contribution >= 4 is 5.91 Å². The molecule has 166 valence electrons. The van der Waals surface area contributed by atoms with Gasteiger partial charge in [0.15, 0.2) is 11.5 Å². The first kappa shape index (κ1) is 25.5. The molecule has 0 heterocycles. The minimum Gasteiger partial charge on any atom is -0.504 e. The van der Waals surface area contributed by atoms with E-state index < -0.39 is 0 Å². The number of rotatable bonds is 16. The molecule has 0 spiro atoms. The molecule has 1 aromatic carbocycles. The van der Waals surface area contributed by atoms with Crippen LogP contribution in [0.25, 0.3) is 0 Å². The SMILES string of the molecule is CCCCC/C=C\C/C=C\CC/C=C\CCCC(=O)NCCc1ccc(O)c(O)c1. The quantitative estimate of drug-likeness (QED) is 0.168. The number of aromatic hydroxyl groups is 2. The van der Waals surface area contributed by atoms with Crippen LogP contribution >= 0.6 is 0 Å². The van der Waals surface area contributed by atoms with E-state index in [0.29, 0.717) is 19.4 Å². The molecule has 0 unspecified atom stereocenters. The average Bonchev–Trinajstić information content (AvgIpc) is 2.73. The largest absolute Gasteiger partial charge is 0.504 e. The van der Waals surface area contributed by atoms with Crippen LogP contribution in [0, 0.1) is 0 Å². The van der Waals surface area contributed by atoms with Crippen molar-refractivity contribution in [2.24, 2.45) is 0 Å². The lowest BCUT2D eigenvalue weighted by molar-refractivity contribution is -0.121. The van der Waals surface area contributed by atoms with Crippen LogP contribution in [0.3, 0.4) is 0 Å². The van der Waals surface area contributed by atoms with Crippen LogP contribution in [0.4, 0.5) is 0 Å². The molecule has 1 aromatic rings. The van der Waals surface area contributed by atoms with E-state index in [1.807, 2.05) is 0 Å². The summed E-state index contributed by atoms with van der Waals surface area (Å²) >= 11 is 0. The predicted octanol–water partition coefficient (Wildman–Crippen LogP) is 6.35. The molecule has 0 aliphatic carbocycles. The Morgan fingerprint density at radius 2 is 1.53 bits per heavy atom. The minimum absolute atomic E-state index is 0.0529. The molecule has 1 amide bonds. The zero-order valence-electron chi connectivity index (χ0n) is 18.5. The number of carbonyl (C=O) groups is 1. The lowest BCUT2D eigenvalue weighted by Crippen LogP contribution is -2.25. The highest BCUT2D eigenvalue weighted by atomic mass is 16.3. The fraction of sp³-hybridized carbons (Fsp3) is 0.500. The second-order valence-corrected chi connectivity index (χ2v) is 7.54. The van der Waals surface area contributed by atoms with E-state index in [1.54, 1.807) is 6.07 Å². The summed E-state index contributed by atoms with van der Waals surface area (Å²) in [7, 11) is 0. The summed E-state index contributed by atoms with van der Waals surface area (Å²) in [5.41, 5.74) is 0.880. The summed E-state index contributed by atoms with van der Waals surface area (Å²) in [6, 6.07) is 4.72. The van der Waals surface area contributed by atoms with Gasteiger partial charge in [-0.05, 0) is 69.1 Å². The zero-order chi connectivity index (χ0) is 21.9. The Hall–Kier alpha value is -2.49. The van der Waals surface area contributed by atoms with Crippen LogP contribution in [0.15, 0.2) is 54.7 Å². The Balaban J connectivity index is 1.97. The monoisotopic (exact) mass is 413 g/mol. The molecule has 4 nitrogen and oxygen atoms in total. The fourth-order valence-corrected chi connectivity index (χ4v) is 2.99. The Bertz CT molecular complexity index is 677. The van der Waals surface area contributed by atoms with E-state index in [-0.39, 0.29) is 17.4 Å². The van der Waals surface area contributed by atoms with Crippen molar-refractivity contribution in [3.63, 3.8) is 0 Å². The molecule has 0 radical (unpaired) electrons. The number of allylic oxidation sites excluding steroid dienone is 6. The molecule has 0 atom stereocenters. The molecule has 0 fully saturated rings. The Morgan fingerprint density at radius 1 is 0.867 bits per heavy atom. The number of hydrogen-bond acceptors (Lipinski definition) is 3. The van der Waals surface area contributed by atoms with E-state index in [9.17, 15) is 15.0 Å². The number of phenols is 2. The molecule has 0 saturated heterocycles. The number of amides is 1. The Kier molecular flexibility index (Phi) is 14.8. The smallest absolute Gasteiger partial charge is 0.220 e. The number of nitrogens with one attached hydrogen (secondary N) is 1. The molecular formula is C26H39NO3. The summed E-state index contributed by atoms with van der Waals surface area (Å²) in [5.74, 6) is -0.204. The molecule has 4 heteroatoms. The van der Waals surface area contributed by atoms with E-state index in [4.69, 9.17) is 0 Å². The molecule has 3 N–H and O–H groups in total. The van der Waals surface area contributed by atoms with Gasteiger partial charge in [0.05, 0.1) is 0 Å². The first-order valence-corrected chi connectivity index (χ1v) is 11.4. The van der Waals surface area contributed by atoms with Gasteiger partial charge in [0.25, 0.3) is 0 Å². The third kappa shape index (κ3) is 13.6. The Morgan fingerprint density at radius 3 is 2.27 bits per heavy atom. The standard InChI is InChI=1S/C26H39NO3/c1-2-3-4-5-6-7-8-9-10-11-12-13-14-15-16-17-26(30)27-21-20-23-18-19-24(28)25(29)22-23/h6-7,9-10,13-14,18-19,22,28-29H,2-5,8,11-12,15-17,20-21H2,1H3,(H,27,30)/b7-6-,10-9-,14-13-. The number of phenolic OH excluding ortho intramolecular Hbond substituents is 2. The zero-order valence-corrected chi connectivity index (χ0v) is 18.5. The van der Waals surface area contributed by atoms with Gasteiger partial charge in [-0.25, -0.2) is 0 Å². The van der Waals surface area contributed by atoms with Crippen molar-refractivity contribution in [2.45, 2.75) is 77.6 Å². The van der Waals surface area contributed by atoms with Crippen molar-refractivity contribution in [2.75, 3.05) is 6.54 Å². The third-order valence-electron chi connectivity index (χ3n) is 4.80. The summed E-state index contributed by atoms with van der Waals surface area (Å²) in [6.07, 6.45) is 24.5. The maximum absolute atomic E-state index is 11.8. The minimum atomic E-state index is -0.129. The van der Waals surface area contributed by atoms with Gasteiger partial charge >= 0.3 is 0 Å². The summed E-state index contributed by atoms with van der Waals surface area (Å²) < 4.78 is 0. The molecular weight excluding hydrogens is 374 g/mol. The molecule has 0 bridgehead atoms. The van der Waals surface area contributed by atoms with Gasteiger partial charge in [-0.3, -0.25) is 4.79 Å². The molecule has 0 saturated carbocycles.